The van der Waals surface area contributed by atoms with Gasteiger partial charge in [0, 0.05) is 24.3 Å². The summed E-state index contributed by atoms with van der Waals surface area (Å²) >= 11 is 6.30. The normalized spacial score (nSPS) is 15.1. The van der Waals surface area contributed by atoms with Gasteiger partial charge >= 0.3 is 6.36 Å². The molecule has 2 N–H and O–H groups in total. The summed E-state index contributed by atoms with van der Waals surface area (Å²) < 4.78 is 40.4. The van der Waals surface area contributed by atoms with Gasteiger partial charge in [0.1, 0.15) is 11.8 Å². The maximum atomic E-state index is 12.4. The lowest BCUT2D eigenvalue weighted by molar-refractivity contribution is -0.274. The summed E-state index contributed by atoms with van der Waals surface area (Å²) in [5, 5.41) is 6.00. The number of benzene rings is 2. The first-order valence-corrected chi connectivity index (χ1v) is 9.53. The zero-order valence-electron chi connectivity index (χ0n) is 15.9. The fraction of sp³-hybridized carbons (Fsp3) is 0.300. The smallest absolute Gasteiger partial charge is 0.406 e. The van der Waals surface area contributed by atoms with Gasteiger partial charge < -0.3 is 20.3 Å². The lowest BCUT2D eigenvalue weighted by atomic mass is 10.2. The van der Waals surface area contributed by atoms with Crippen molar-refractivity contribution in [1.29, 1.82) is 0 Å². The molecule has 30 heavy (non-hydrogen) atoms. The Hall–Kier alpha value is -2.94. The number of nitrogens with zero attached hydrogens (tertiary/aromatic N) is 1. The van der Waals surface area contributed by atoms with Crippen LogP contribution < -0.4 is 20.3 Å². The predicted octanol–water partition coefficient (Wildman–Crippen LogP) is 4.80. The number of alkyl halides is 3. The van der Waals surface area contributed by atoms with Gasteiger partial charge in [-0.1, -0.05) is 11.6 Å². The average molecular weight is 442 g/mol. The van der Waals surface area contributed by atoms with Crippen LogP contribution in [-0.4, -0.2) is 30.8 Å². The van der Waals surface area contributed by atoms with Crippen molar-refractivity contribution < 1.29 is 27.5 Å². The summed E-state index contributed by atoms with van der Waals surface area (Å²) in [7, 11) is 0. The highest BCUT2D eigenvalue weighted by atomic mass is 35.5. The molecule has 10 heteroatoms. The van der Waals surface area contributed by atoms with E-state index in [1.54, 1.807) is 30.0 Å². The maximum absolute atomic E-state index is 12.4. The van der Waals surface area contributed by atoms with Crippen LogP contribution in [0.1, 0.15) is 19.8 Å². The lowest BCUT2D eigenvalue weighted by Gasteiger charge is -2.20. The van der Waals surface area contributed by atoms with E-state index in [1.165, 1.54) is 12.1 Å². The number of nitrogens with one attached hydrogen (secondary N) is 2. The standard InChI is InChI=1S/C20H19ClF3N3O3/c1-12(19(29)26-13-4-7-15(8-5-13)30-20(22,23)24)25-14-6-9-17(16(21)11-14)27-10-2-3-18(27)28/h4-9,11-12,25H,2-3,10H2,1H3,(H,26,29)/t12-/m1/s1. The number of anilines is 3. The van der Waals surface area contributed by atoms with Crippen LogP contribution in [0.5, 0.6) is 5.75 Å². The SMILES string of the molecule is C[C@@H](Nc1ccc(N2CCCC2=O)c(Cl)c1)C(=O)Nc1ccc(OC(F)(F)F)cc1. The highest BCUT2D eigenvalue weighted by molar-refractivity contribution is 6.34. The second-order valence-corrected chi connectivity index (χ2v) is 7.15. The largest absolute Gasteiger partial charge is 0.573 e. The molecule has 1 atom stereocenters. The summed E-state index contributed by atoms with van der Waals surface area (Å²) in [5.41, 5.74) is 1.54. The fourth-order valence-corrected chi connectivity index (χ4v) is 3.31. The van der Waals surface area contributed by atoms with Crippen molar-refractivity contribution in [3.63, 3.8) is 0 Å². The van der Waals surface area contributed by atoms with E-state index in [2.05, 4.69) is 15.4 Å². The third kappa shape index (κ3) is 5.56. The number of hydrogen-bond donors (Lipinski definition) is 2. The van der Waals surface area contributed by atoms with E-state index in [0.717, 1.165) is 18.6 Å². The molecule has 3 rings (SSSR count). The average Bonchev–Trinajstić information content (AvgIpc) is 3.08. The Morgan fingerprint density at radius 2 is 1.83 bits per heavy atom. The molecule has 2 aromatic carbocycles. The van der Waals surface area contributed by atoms with E-state index in [9.17, 15) is 22.8 Å². The molecule has 0 radical (unpaired) electrons. The Kier molecular flexibility index (Phi) is 6.40. The van der Waals surface area contributed by atoms with Gasteiger partial charge in [0.25, 0.3) is 0 Å². The van der Waals surface area contributed by atoms with Gasteiger partial charge in [-0.15, -0.1) is 13.2 Å². The molecule has 1 saturated heterocycles. The topological polar surface area (TPSA) is 70.7 Å². The highest BCUT2D eigenvalue weighted by Crippen LogP contribution is 2.32. The molecule has 6 nitrogen and oxygen atoms in total. The van der Waals surface area contributed by atoms with Crippen LogP contribution in [0.15, 0.2) is 42.5 Å². The monoisotopic (exact) mass is 441 g/mol. The van der Waals surface area contributed by atoms with Crippen LogP contribution in [0.4, 0.5) is 30.2 Å². The molecule has 0 aliphatic carbocycles. The van der Waals surface area contributed by atoms with Gasteiger partial charge in [0.2, 0.25) is 11.8 Å². The zero-order valence-corrected chi connectivity index (χ0v) is 16.7. The molecule has 0 saturated carbocycles. The summed E-state index contributed by atoms with van der Waals surface area (Å²) in [6.07, 6.45) is -3.49. The molecule has 1 fully saturated rings. The lowest BCUT2D eigenvalue weighted by Crippen LogP contribution is -2.32. The Labute approximate surface area is 175 Å². The second kappa shape index (κ2) is 8.83. The number of hydrogen-bond acceptors (Lipinski definition) is 4. The van der Waals surface area contributed by atoms with Crippen molar-refractivity contribution in [2.45, 2.75) is 32.2 Å². The zero-order chi connectivity index (χ0) is 21.9. The first-order chi connectivity index (χ1) is 14.1. The van der Waals surface area contributed by atoms with Gasteiger partial charge in [-0.25, -0.2) is 0 Å². The summed E-state index contributed by atoms with van der Waals surface area (Å²) in [6.45, 7) is 2.25. The quantitative estimate of drug-likeness (QED) is 0.675. The Morgan fingerprint density at radius 3 is 2.40 bits per heavy atom. The highest BCUT2D eigenvalue weighted by Gasteiger charge is 2.31. The number of carbonyl (C=O) groups is 2. The van der Waals surface area contributed by atoms with E-state index >= 15 is 0 Å². The van der Waals surface area contributed by atoms with E-state index in [0.29, 0.717) is 35.1 Å². The Morgan fingerprint density at radius 1 is 1.17 bits per heavy atom. The third-order valence-electron chi connectivity index (χ3n) is 4.44. The molecule has 1 heterocycles. The molecule has 1 aliphatic rings. The Balaban J connectivity index is 1.59. The van der Waals surface area contributed by atoms with Crippen molar-refractivity contribution in [3.05, 3.63) is 47.5 Å². The molecule has 0 spiro atoms. The second-order valence-electron chi connectivity index (χ2n) is 6.74. The summed E-state index contributed by atoms with van der Waals surface area (Å²) in [6, 6.07) is 9.26. The Bertz CT molecular complexity index is 935. The van der Waals surface area contributed by atoms with Crippen molar-refractivity contribution in [2.75, 3.05) is 22.1 Å². The molecule has 0 bridgehead atoms. The first-order valence-electron chi connectivity index (χ1n) is 9.15. The van der Waals surface area contributed by atoms with Crippen molar-refractivity contribution in [3.8, 4) is 5.75 Å². The molecule has 2 amide bonds. The summed E-state index contributed by atoms with van der Waals surface area (Å²) in [5.74, 6) is -0.746. The molecular formula is C20H19ClF3N3O3. The van der Waals surface area contributed by atoms with Crippen LogP contribution >= 0.6 is 11.6 Å². The molecule has 2 aromatic rings. The predicted molar refractivity (Wildman–Crippen MR) is 108 cm³/mol. The van der Waals surface area contributed by atoms with Gasteiger partial charge in [0.15, 0.2) is 0 Å². The van der Waals surface area contributed by atoms with Crippen LogP contribution in [-0.2, 0) is 9.59 Å². The molecule has 1 aliphatic heterocycles. The third-order valence-corrected chi connectivity index (χ3v) is 4.75. The minimum atomic E-state index is -4.78. The summed E-state index contributed by atoms with van der Waals surface area (Å²) in [4.78, 5) is 25.9. The fourth-order valence-electron chi connectivity index (χ4n) is 3.02. The minimum Gasteiger partial charge on any atom is -0.406 e. The van der Waals surface area contributed by atoms with E-state index in [4.69, 9.17) is 11.6 Å². The van der Waals surface area contributed by atoms with E-state index < -0.39 is 18.3 Å². The molecule has 160 valence electrons. The van der Waals surface area contributed by atoms with Gasteiger partial charge in [-0.05, 0) is 55.8 Å². The van der Waals surface area contributed by atoms with Gasteiger partial charge in [-0.2, -0.15) is 0 Å². The van der Waals surface area contributed by atoms with E-state index in [1.807, 2.05) is 0 Å². The van der Waals surface area contributed by atoms with Gasteiger partial charge in [-0.3, -0.25) is 9.59 Å². The van der Waals surface area contributed by atoms with Crippen molar-refractivity contribution in [2.24, 2.45) is 0 Å². The molecule has 0 unspecified atom stereocenters. The van der Waals surface area contributed by atoms with Crippen LogP contribution in [0.25, 0.3) is 0 Å². The number of carbonyl (C=O) groups excluding carboxylic acids is 2. The number of ether oxygens (including phenoxy) is 1. The van der Waals surface area contributed by atoms with Crippen LogP contribution in [0.3, 0.4) is 0 Å². The maximum Gasteiger partial charge on any atom is 0.573 e. The van der Waals surface area contributed by atoms with Crippen LogP contribution in [0.2, 0.25) is 5.02 Å². The van der Waals surface area contributed by atoms with Gasteiger partial charge in [0.05, 0.1) is 10.7 Å². The molecule has 0 aromatic heterocycles. The number of rotatable bonds is 6. The van der Waals surface area contributed by atoms with Crippen LogP contribution in [0, 0.1) is 0 Å². The van der Waals surface area contributed by atoms with E-state index in [-0.39, 0.29) is 11.7 Å². The number of halogens is 4. The number of amides is 2. The van der Waals surface area contributed by atoms with Crippen molar-refractivity contribution >= 4 is 40.5 Å². The van der Waals surface area contributed by atoms with Crippen molar-refractivity contribution in [1.82, 2.24) is 0 Å². The first kappa shape index (κ1) is 21.8. The molecular weight excluding hydrogens is 423 g/mol. The minimum absolute atomic E-state index is 0.0250.